The SMILES string of the molecule is CN(C)C1=NC2(CCN(CCC(=O)NCc3ccccc3F)CC2)C(=O)N1. The molecule has 0 radical (unpaired) electrons. The Hall–Kier alpha value is -2.48. The molecule has 7 nitrogen and oxygen atoms in total. The second-order valence-corrected chi connectivity index (χ2v) is 7.28. The highest BCUT2D eigenvalue weighted by Crippen LogP contribution is 2.30. The highest BCUT2D eigenvalue weighted by Gasteiger charge is 2.46. The van der Waals surface area contributed by atoms with Crippen molar-refractivity contribution in [2.45, 2.75) is 31.3 Å². The Labute approximate surface area is 158 Å². The molecule has 8 heteroatoms. The quantitative estimate of drug-likeness (QED) is 0.795. The van der Waals surface area contributed by atoms with Crippen LogP contribution >= 0.6 is 0 Å². The molecule has 0 atom stereocenters. The molecule has 0 saturated carbocycles. The Bertz CT molecular complexity index is 741. The lowest BCUT2D eigenvalue weighted by Gasteiger charge is -2.35. The van der Waals surface area contributed by atoms with Crippen molar-refractivity contribution in [2.75, 3.05) is 33.7 Å². The van der Waals surface area contributed by atoms with Crippen LogP contribution in [-0.4, -0.2) is 66.8 Å². The monoisotopic (exact) mass is 375 g/mol. The number of likely N-dealkylation sites (tertiary alicyclic amines) is 1. The van der Waals surface area contributed by atoms with Crippen LogP contribution in [0.2, 0.25) is 0 Å². The maximum Gasteiger partial charge on any atom is 0.254 e. The van der Waals surface area contributed by atoms with E-state index in [2.05, 4.69) is 20.5 Å². The first-order valence-electron chi connectivity index (χ1n) is 9.21. The fourth-order valence-electron chi connectivity index (χ4n) is 3.38. The van der Waals surface area contributed by atoms with Crippen LogP contribution < -0.4 is 10.6 Å². The summed E-state index contributed by atoms with van der Waals surface area (Å²) in [4.78, 5) is 32.9. The minimum Gasteiger partial charge on any atom is -0.352 e. The van der Waals surface area contributed by atoms with Crippen molar-refractivity contribution in [2.24, 2.45) is 4.99 Å². The van der Waals surface area contributed by atoms with Gasteiger partial charge < -0.3 is 15.1 Å². The van der Waals surface area contributed by atoms with Crippen LogP contribution in [-0.2, 0) is 16.1 Å². The summed E-state index contributed by atoms with van der Waals surface area (Å²) >= 11 is 0. The van der Waals surface area contributed by atoms with Crippen LogP contribution in [0.5, 0.6) is 0 Å². The van der Waals surface area contributed by atoms with Gasteiger partial charge in [0.2, 0.25) is 11.9 Å². The van der Waals surface area contributed by atoms with Gasteiger partial charge >= 0.3 is 0 Å². The molecule has 2 aliphatic heterocycles. The van der Waals surface area contributed by atoms with Crippen molar-refractivity contribution in [1.82, 2.24) is 20.4 Å². The van der Waals surface area contributed by atoms with Crippen LogP contribution in [0.25, 0.3) is 0 Å². The largest absolute Gasteiger partial charge is 0.352 e. The molecule has 2 aliphatic rings. The second-order valence-electron chi connectivity index (χ2n) is 7.28. The van der Waals surface area contributed by atoms with Gasteiger partial charge in [-0.1, -0.05) is 18.2 Å². The first-order chi connectivity index (χ1) is 12.9. The molecule has 1 aromatic carbocycles. The molecule has 1 spiro atoms. The number of nitrogens with zero attached hydrogens (tertiary/aromatic N) is 3. The summed E-state index contributed by atoms with van der Waals surface area (Å²) in [6.45, 7) is 2.25. The standard InChI is InChI=1S/C19H26FN5O2/c1-24(2)18-22-17(27)19(23-18)8-11-25(12-9-19)10-7-16(26)21-13-14-5-3-4-6-15(14)20/h3-6H,7-13H2,1-2H3,(H,21,26)(H,22,23,27). The van der Waals surface area contributed by atoms with Gasteiger partial charge in [-0.3, -0.25) is 14.9 Å². The molecule has 0 aromatic heterocycles. The van der Waals surface area contributed by atoms with E-state index in [1.165, 1.54) is 6.07 Å². The van der Waals surface area contributed by atoms with Gasteiger partial charge in [-0.25, -0.2) is 9.38 Å². The molecule has 27 heavy (non-hydrogen) atoms. The topological polar surface area (TPSA) is 77.0 Å². The molecule has 3 rings (SSSR count). The zero-order valence-corrected chi connectivity index (χ0v) is 15.8. The highest BCUT2D eigenvalue weighted by atomic mass is 19.1. The van der Waals surface area contributed by atoms with Crippen LogP contribution in [0.15, 0.2) is 29.3 Å². The summed E-state index contributed by atoms with van der Waals surface area (Å²) in [5.74, 6) is 0.158. The molecule has 0 aliphatic carbocycles. The lowest BCUT2D eigenvalue weighted by molar-refractivity contribution is -0.126. The zero-order chi connectivity index (χ0) is 19.4. The van der Waals surface area contributed by atoms with Crippen molar-refractivity contribution < 1.29 is 14.0 Å². The lowest BCUT2D eigenvalue weighted by atomic mass is 9.88. The summed E-state index contributed by atoms with van der Waals surface area (Å²) in [5.41, 5.74) is -0.184. The van der Waals surface area contributed by atoms with Gasteiger partial charge in [0, 0.05) is 52.3 Å². The van der Waals surface area contributed by atoms with Gasteiger partial charge in [-0.15, -0.1) is 0 Å². The first-order valence-corrected chi connectivity index (χ1v) is 9.21. The molecule has 1 fully saturated rings. The van der Waals surface area contributed by atoms with Crippen molar-refractivity contribution in [3.8, 4) is 0 Å². The number of halogens is 1. The Kier molecular flexibility index (Phi) is 5.74. The number of amides is 2. The Morgan fingerprint density at radius 1 is 1.33 bits per heavy atom. The summed E-state index contributed by atoms with van der Waals surface area (Å²) in [6, 6.07) is 6.42. The van der Waals surface area contributed by atoms with E-state index >= 15 is 0 Å². The summed E-state index contributed by atoms with van der Waals surface area (Å²) in [6.07, 6.45) is 1.64. The number of nitrogens with one attached hydrogen (secondary N) is 2. The average Bonchev–Trinajstić information content (AvgIpc) is 2.97. The van der Waals surface area contributed by atoms with E-state index in [9.17, 15) is 14.0 Å². The zero-order valence-electron chi connectivity index (χ0n) is 15.8. The van der Waals surface area contributed by atoms with Crippen molar-refractivity contribution in [3.63, 3.8) is 0 Å². The Balaban J connectivity index is 1.43. The average molecular weight is 375 g/mol. The fraction of sp³-hybridized carbons (Fsp3) is 0.526. The minimum absolute atomic E-state index is 0.0338. The van der Waals surface area contributed by atoms with E-state index < -0.39 is 5.54 Å². The number of hydrogen-bond donors (Lipinski definition) is 2. The number of carbonyl (C=O) groups excluding carboxylic acids is 2. The normalized spacial score (nSPS) is 18.9. The van der Waals surface area contributed by atoms with Gasteiger partial charge in [0.1, 0.15) is 11.4 Å². The number of piperidine rings is 1. The van der Waals surface area contributed by atoms with Gasteiger partial charge in [-0.05, 0) is 18.9 Å². The molecular formula is C19H26FN5O2. The predicted octanol–water partition coefficient (Wildman–Crippen LogP) is 0.714. The lowest BCUT2D eigenvalue weighted by Crippen LogP contribution is -2.49. The molecule has 0 unspecified atom stereocenters. The van der Waals surface area contributed by atoms with E-state index in [1.807, 2.05) is 14.1 Å². The van der Waals surface area contributed by atoms with E-state index in [1.54, 1.807) is 23.1 Å². The van der Waals surface area contributed by atoms with Gasteiger partial charge in [0.15, 0.2) is 0 Å². The van der Waals surface area contributed by atoms with Crippen molar-refractivity contribution in [3.05, 3.63) is 35.6 Å². The molecule has 2 heterocycles. The molecular weight excluding hydrogens is 349 g/mol. The summed E-state index contributed by atoms with van der Waals surface area (Å²) < 4.78 is 13.6. The predicted molar refractivity (Wildman–Crippen MR) is 101 cm³/mol. The number of benzene rings is 1. The van der Waals surface area contributed by atoms with Crippen LogP contribution in [0, 0.1) is 5.82 Å². The van der Waals surface area contributed by atoms with E-state index in [4.69, 9.17) is 0 Å². The van der Waals surface area contributed by atoms with Gasteiger partial charge in [0.25, 0.3) is 5.91 Å². The first kappa shape index (κ1) is 19.3. The number of aliphatic imine (C=N–C) groups is 1. The third kappa shape index (κ3) is 4.44. The van der Waals surface area contributed by atoms with Gasteiger partial charge in [-0.2, -0.15) is 0 Å². The van der Waals surface area contributed by atoms with E-state index in [-0.39, 0.29) is 24.2 Å². The summed E-state index contributed by atoms with van der Waals surface area (Å²) in [7, 11) is 3.71. The molecule has 2 amide bonds. The summed E-state index contributed by atoms with van der Waals surface area (Å²) in [5, 5.41) is 5.60. The third-order valence-electron chi connectivity index (χ3n) is 5.16. The second kappa shape index (κ2) is 8.04. The Morgan fingerprint density at radius 3 is 2.67 bits per heavy atom. The van der Waals surface area contributed by atoms with Crippen LogP contribution in [0.3, 0.4) is 0 Å². The Morgan fingerprint density at radius 2 is 2.04 bits per heavy atom. The number of guanidine groups is 1. The van der Waals surface area contributed by atoms with Gasteiger partial charge in [0.05, 0.1) is 0 Å². The number of hydrogen-bond acceptors (Lipinski definition) is 5. The van der Waals surface area contributed by atoms with Crippen molar-refractivity contribution >= 4 is 17.8 Å². The molecule has 0 bridgehead atoms. The number of rotatable bonds is 5. The fourth-order valence-corrected chi connectivity index (χ4v) is 3.38. The molecule has 1 aromatic rings. The van der Waals surface area contributed by atoms with Crippen LogP contribution in [0.4, 0.5) is 4.39 Å². The highest BCUT2D eigenvalue weighted by molar-refractivity contribution is 6.07. The smallest absolute Gasteiger partial charge is 0.254 e. The maximum atomic E-state index is 13.6. The minimum atomic E-state index is -0.663. The number of carbonyl (C=O) groups is 2. The van der Waals surface area contributed by atoms with E-state index in [0.717, 1.165) is 13.1 Å². The molecule has 146 valence electrons. The molecule has 2 N–H and O–H groups in total. The van der Waals surface area contributed by atoms with E-state index in [0.29, 0.717) is 37.3 Å². The maximum absolute atomic E-state index is 13.6. The molecule has 1 saturated heterocycles. The van der Waals surface area contributed by atoms with Crippen LogP contribution in [0.1, 0.15) is 24.8 Å². The third-order valence-corrected chi connectivity index (χ3v) is 5.16. The van der Waals surface area contributed by atoms with Crippen molar-refractivity contribution in [1.29, 1.82) is 0 Å².